The summed E-state index contributed by atoms with van der Waals surface area (Å²) < 4.78 is 0. The van der Waals surface area contributed by atoms with Gasteiger partial charge in [0, 0.05) is 30.7 Å². The first-order valence-corrected chi connectivity index (χ1v) is 8.00. The van der Waals surface area contributed by atoms with Gasteiger partial charge in [-0.25, -0.2) is 15.0 Å². The van der Waals surface area contributed by atoms with E-state index in [-0.39, 0.29) is 12.6 Å². The number of rotatable bonds is 5. The topological polar surface area (TPSA) is 87.1 Å². The quantitative estimate of drug-likeness (QED) is 0.870. The third-order valence-corrected chi connectivity index (χ3v) is 3.99. The summed E-state index contributed by atoms with van der Waals surface area (Å²) in [6.45, 7) is 3.77. The van der Waals surface area contributed by atoms with Gasteiger partial charge >= 0.3 is 0 Å². The van der Waals surface area contributed by atoms with E-state index in [1.165, 1.54) is 0 Å². The molecule has 0 aliphatic carbocycles. The van der Waals surface area contributed by atoms with Gasteiger partial charge < -0.3 is 10.4 Å². The first-order valence-electron chi connectivity index (χ1n) is 8.00. The van der Waals surface area contributed by atoms with Crippen molar-refractivity contribution in [2.24, 2.45) is 0 Å². The Morgan fingerprint density at radius 1 is 1.26 bits per heavy atom. The van der Waals surface area contributed by atoms with Crippen LogP contribution in [0.1, 0.15) is 36.8 Å². The monoisotopic (exact) mass is 314 g/mol. The second-order valence-corrected chi connectivity index (χ2v) is 5.74. The van der Waals surface area contributed by atoms with Crippen molar-refractivity contribution in [1.29, 1.82) is 0 Å². The summed E-state index contributed by atoms with van der Waals surface area (Å²) in [5.74, 6) is 2.19. The number of β-amino-alcohol motifs (C(OH)–C–C–N with tert-alkyl or cyclic N) is 1. The summed E-state index contributed by atoms with van der Waals surface area (Å²) in [5, 5.41) is 12.5. The van der Waals surface area contributed by atoms with Crippen LogP contribution in [0, 0.1) is 6.92 Å². The van der Waals surface area contributed by atoms with Crippen molar-refractivity contribution < 1.29 is 5.11 Å². The second kappa shape index (κ2) is 7.43. The maximum absolute atomic E-state index is 9.28. The Morgan fingerprint density at radius 3 is 2.96 bits per heavy atom. The zero-order valence-corrected chi connectivity index (χ0v) is 13.3. The van der Waals surface area contributed by atoms with Gasteiger partial charge in [-0.05, 0) is 26.3 Å². The smallest absolute Gasteiger partial charge is 0.150 e. The normalized spacial score (nSPS) is 18.8. The molecule has 1 aliphatic heterocycles. The van der Waals surface area contributed by atoms with Crippen molar-refractivity contribution in [3.8, 4) is 0 Å². The first kappa shape index (κ1) is 15.8. The molecule has 1 saturated heterocycles. The molecule has 0 bridgehead atoms. The highest BCUT2D eigenvalue weighted by atomic mass is 16.3. The minimum Gasteiger partial charge on any atom is -0.395 e. The molecule has 2 aromatic rings. The third-order valence-electron chi connectivity index (χ3n) is 3.99. The molecule has 23 heavy (non-hydrogen) atoms. The van der Waals surface area contributed by atoms with Crippen molar-refractivity contribution in [3.63, 3.8) is 0 Å². The number of hydrogen-bond acceptors (Lipinski definition) is 7. The molecule has 7 heteroatoms. The average molecular weight is 314 g/mol. The molecule has 0 aromatic carbocycles. The number of hydrogen-bond donors (Lipinski definition) is 2. The average Bonchev–Trinajstić information content (AvgIpc) is 2.56. The molecule has 0 spiro atoms. The predicted octanol–water partition coefficient (Wildman–Crippen LogP) is 1.84. The molecule has 0 radical (unpaired) electrons. The summed E-state index contributed by atoms with van der Waals surface area (Å²) in [6.07, 6.45) is 8.28. The molecule has 1 fully saturated rings. The minimum absolute atomic E-state index is 0.160. The molecule has 7 nitrogen and oxygen atoms in total. The van der Waals surface area contributed by atoms with Crippen molar-refractivity contribution >= 4 is 11.6 Å². The molecule has 0 amide bonds. The molecule has 1 unspecified atom stereocenters. The molecule has 1 atom stereocenters. The molecule has 1 aliphatic rings. The molecule has 0 saturated carbocycles. The molecular formula is C16H22N6O. The zero-order chi connectivity index (χ0) is 16.1. The number of aliphatic hydroxyl groups excluding tert-OH is 1. The van der Waals surface area contributed by atoms with Gasteiger partial charge in [-0.1, -0.05) is 6.42 Å². The van der Waals surface area contributed by atoms with Crippen LogP contribution in [0.2, 0.25) is 0 Å². The molecule has 3 rings (SSSR count). The standard InChI is InChI=1S/C16H22N6O/c1-12-10-14(20-15-11-17-5-6-18-15)21-16(19-12)13-4-2-3-7-22(13)8-9-23/h5-6,10-11,13,23H,2-4,7-9H2,1H3,(H,18,19,20,21). The van der Waals surface area contributed by atoms with Gasteiger partial charge in [-0.15, -0.1) is 0 Å². The van der Waals surface area contributed by atoms with E-state index in [1.54, 1.807) is 18.6 Å². The van der Waals surface area contributed by atoms with Crippen LogP contribution in [0.4, 0.5) is 11.6 Å². The third kappa shape index (κ3) is 4.00. The van der Waals surface area contributed by atoms with Gasteiger partial charge in [0.1, 0.15) is 17.5 Å². The molecular weight excluding hydrogens is 292 g/mol. The van der Waals surface area contributed by atoms with Gasteiger partial charge in [0.15, 0.2) is 0 Å². The Hall–Kier alpha value is -2.12. The number of likely N-dealkylation sites (tertiary alicyclic amines) is 1. The number of aryl methyl sites for hydroxylation is 1. The highest BCUT2D eigenvalue weighted by Gasteiger charge is 2.26. The fourth-order valence-corrected chi connectivity index (χ4v) is 2.98. The number of aromatic nitrogens is 4. The van der Waals surface area contributed by atoms with E-state index in [9.17, 15) is 5.11 Å². The fraction of sp³-hybridized carbons (Fsp3) is 0.500. The number of piperidine rings is 1. The lowest BCUT2D eigenvalue weighted by Gasteiger charge is -2.34. The highest BCUT2D eigenvalue weighted by Crippen LogP contribution is 2.29. The van der Waals surface area contributed by atoms with Crippen molar-refractivity contribution in [2.75, 3.05) is 25.0 Å². The van der Waals surface area contributed by atoms with Crippen LogP contribution in [0.5, 0.6) is 0 Å². The maximum atomic E-state index is 9.28. The lowest BCUT2D eigenvalue weighted by molar-refractivity contribution is 0.112. The van der Waals surface area contributed by atoms with Crippen molar-refractivity contribution in [2.45, 2.75) is 32.2 Å². The Kier molecular flexibility index (Phi) is 5.09. The van der Waals surface area contributed by atoms with Crippen LogP contribution in [0.15, 0.2) is 24.7 Å². The molecule has 2 N–H and O–H groups in total. The summed E-state index contributed by atoms with van der Waals surface area (Å²) in [4.78, 5) is 19.8. The first-order chi connectivity index (χ1) is 11.3. The largest absolute Gasteiger partial charge is 0.395 e. The van der Waals surface area contributed by atoms with Gasteiger partial charge in [0.05, 0.1) is 18.8 Å². The SMILES string of the molecule is Cc1cc(Nc2cnccn2)nc(C2CCCCN2CCO)n1. The van der Waals surface area contributed by atoms with Crippen LogP contribution in [-0.2, 0) is 0 Å². The maximum Gasteiger partial charge on any atom is 0.150 e. The minimum atomic E-state index is 0.160. The number of anilines is 2. The summed E-state index contributed by atoms with van der Waals surface area (Å²) in [5.41, 5.74) is 0.913. The number of nitrogens with one attached hydrogen (secondary N) is 1. The molecule has 122 valence electrons. The van der Waals surface area contributed by atoms with Gasteiger partial charge in [-0.2, -0.15) is 0 Å². The van der Waals surface area contributed by atoms with Crippen LogP contribution < -0.4 is 5.32 Å². The van der Waals surface area contributed by atoms with E-state index in [2.05, 4.69) is 30.2 Å². The van der Waals surface area contributed by atoms with Gasteiger partial charge in [-0.3, -0.25) is 9.88 Å². The van der Waals surface area contributed by atoms with Crippen molar-refractivity contribution in [3.05, 3.63) is 36.2 Å². The summed E-state index contributed by atoms with van der Waals surface area (Å²) in [6, 6.07) is 2.07. The number of aliphatic hydroxyl groups is 1. The highest BCUT2D eigenvalue weighted by molar-refractivity contribution is 5.50. The Labute approximate surface area is 135 Å². The molecule has 3 heterocycles. The van der Waals surface area contributed by atoms with Gasteiger partial charge in [0.25, 0.3) is 0 Å². The van der Waals surface area contributed by atoms with Crippen LogP contribution >= 0.6 is 0 Å². The second-order valence-electron chi connectivity index (χ2n) is 5.74. The molecule has 2 aromatic heterocycles. The lowest BCUT2D eigenvalue weighted by Crippen LogP contribution is -2.36. The Morgan fingerprint density at radius 2 is 2.17 bits per heavy atom. The zero-order valence-electron chi connectivity index (χ0n) is 13.3. The lowest BCUT2D eigenvalue weighted by atomic mass is 10.0. The van der Waals surface area contributed by atoms with E-state index in [4.69, 9.17) is 0 Å². The van der Waals surface area contributed by atoms with Crippen LogP contribution in [-0.4, -0.2) is 49.6 Å². The van der Waals surface area contributed by atoms with E-state index in [0.29, 0.717) is 12.4 Å². The van der Waals surface area contributed by atoms with E-state index in [1.807, 2.05) is 13.0 Å². The van der Waals surface area contributed by atoms with E-state index >= 15 is 0 Å². The van der Waals surface area contributed by atoms with Crippen molar-refractivity contribution in [1.82, 2.24) is 24.8 Å². The summed E-state index contributed by atoms with van der Waals surface area (Å²) in [7, 11) is 0. The van der Waals surface area contributed by atoms with E-state index < -0.39 is 0 Å². The van der Waals surface area contributed by atoms with Gasteiger partial charge in [0.2, 0.25) is 0 Å². The van der Waals surface area contributed by atoms with Crippen LogP contribution in [0.3, 0.4) is 0 Å². The number of nitrogens with zero attached hydrogens (tertiary/aromatic N) is 5. The Balaban J connectivity index is 1.84. The fourth-order valence-electron chi connectivity index (χ4n) is 2.98. The predicted molar refractivity (Wildman–Crippen MR) is 87.3 cm³/mol. The van der Waals surface area contributed by atoms with Crippen LogP contribution in [0.25, 0.3) is 0 Å². The van der Waals surface area contributed by atoms with E-state index in [0.717, 1.165) is 43.1 Å². The Bertz CT molecular complexity index is 634. The summed E-state index contributed by atoms with van der Waals surface area (Å²) >= 11 is 0.